The number of nitrogens with zero attached hydrogens (tertiary/aromatic N) is 4. The lowest BCUT2D eigenvalue weighted by atomic mass is 10.00. The number of likely N-dealkylation sites (tertiary alicyclic amines) is 1. The van der Waals surface area contributed by atoms with E-state index in [1.807, 2.05) is 10.7 Å². The molecule has 2 aromatic rings. The van der Waals surface area contributed by atoms with E-state index in [4.69, 9.17) is 9.47 Å². The van der Waals surface area contributed by atoms with Gasteiger partial charge in [0.25, 0.3) is 0 Å². The molecule has 4 rings (SSSR count). The summed E-state index contributed by atoms with van der Waals surface area (Å²) in [6.07, 6.45) is 2.97. The van der Waals surface area contributed by atoms with Crippen molar-refractivity contribution in [2.45, 2.75) is 31.7 Å². The minimum absolute atomic E-state index is 0.180. The Hall–Kier alpha value is -2.12. The Labute approximate surface area is 134 Å². The fourth-order valence-corrected chi connectivity index (χ4v) is 3.48. The highest BCUT2D eigenvalue weighted by atomic mass is 16.5. The fraction of sp³-hybridized carbons (Fsp3) is 0.500. The second kappa shape index (κ2) is 5.82. The number of ether oxygens (including phenoxy) is 2. The summed E-state index contributed by atoms with van der Waals surface area (Å²) >= 11 is 0. The van der Waals surface area contributed by atoms with Crippen LogP contribution < -0.4 is 4.74 Å². The molecule has 0 unspecified atom stereocenters. The smallest absolute Gasteiger partial charge is 0.160 e. The largest absolute Gasteiger partial charge is 0.504 e. The van der Waals surface area contributed by atoms with Gasteiger partial charge in [-0.1, -0.05) is 11.3 Å². The second-order valence-electron chi connectivity index (χ2n) is 6.12. The normalized spacial score (nSPS) is 24.0. The van der Waals surface area contributed by atoms with E-state index in [9.17, 15) is 5.11 Å². The molecule has 1 aromatic carbocycles. The van der Waals surface area contributed by atoms with Crippen molar-refractivity contribution in [3.63, 3.8) is 0 Å². The molecule has 122 valence electrons. The van der Waals surface area contributed by atoms with Crippen LogP contribution in [0.1, 0.15) is 23.7 Å². The average Bonchev–Trinajstić information content (AvgIpc) is 3.04. The summed E-state index contributed by atoms with van der Waals surface area (Å²) in [4.78, 5) is 2.36. The SMILES string of the molecule is COc1ccc(CN2CC[C@H]3OCc4cnnn4[C@H]3C2)cc1O. The van der Waals surface area contributed by atoms with Crippen molar-refractivity contribution < 1.29 is 14.6 Å². The molecule has 1 fully saturated rings. The molecule has 1 N–H and O–H groups in total. The van der Waals surface area contributed by atoms with Gasteiger partial charge in [0, 0.05) is 19.6 Å². The van der Waals surface area contributed by atoms with Crippen LogP contribution in [-0.2, 0) is 17.9 Å². The highest BCUT2D eigenvalue weighted by Crippen LogP contribution is 2.32. The van der Waals surface area contributed by atoms with Crippen molar-refractivity contribution >= 4 is 0 Å². The Morgan fingerprint density at radius 3 is 3.17 bits per heavy atom. The molecule has 0 aliphatic carbocycles. The van der Waals surface area contributed by atoms with Crippen LogP contribution in [-0.4, -0.2) is 51.3 Å². The van der Waals surface area contributed by atoms with Gasteiger partial charge in [0.05, 0.1) is 37.8 Å². The van der Waals surface area contributed by atoms with Gasteiger partial charge in [-0.25, -0.2) is 4.68 Å². The predicted molar refractivity (Wildman–Crippen MR) is 82.2 cm³/mol. The lowest BCUT2D eigenvalue weighted by Gasteiger charge is -2.41. The molecule has 23 heavy (non-hydrogen) atoms. The number of hydrogen-bond donors (Lipinski definition) is 1. The number of methoxy groups -OCH3 is 1. The lowest BCUT2D eigenvalue weighted by molar-refractivity contribution is -0.0669. The van der Waals surface area contributed by atoms with Crippen LogP contribution in [0.4, 0.5) is 0 Å². The van der Waals surface area contributed by atoms with Gasteiger partial charge in [0.15, 0.2) is 11.5 Å². The Morgan fingerprint density at radius 2 is 2.35 bits per heavy atom. The lowest BCUT2D eigenvalue weighted by Crippen LogP contribution is -2.47. The molecule has 2 aliphatic heterocycles. The Kier molecular flexibility index (Phi) is 3.66. The number of phenols is 1. The number of benzene rings is 1. The molecule has 7 heteroatoms. The van der Waals surface area contributed by atoms with Crippen LogP contribution in [0.3, 0.4) is 0 Å². The summed E-state index contributed by atoms with van der Waals surface area (Å²) in [6, 6.07) is 5.77. The molecule has 2 atom stereocenters. The van der Waals surface area contributed by atoms with Crippen molar-refractivity contribution in [1.29, 1.82) is 0 Å². The number of hydrogen-bond acceptors (Lipinski definition) is 6. The van der Waals surface area contributed by atoms with Crippen LogP contribution in [0.2, 0.25) is 0 Å². The predicted octanol–water partition coefficient (Wildman–Crippen LogP) is 1.34. The Balaban J connectivity index is 1.49. The van der Waals surface area contributed by atoms with E-state index in [0.717, 1.165) is 37.3 Å². The summed E-state index contributed by atoms with van der Waals surface area (Å²) in [7, 11) is 1.55. The van der Waals surface area contributed by atoms with Crippen LogP contribution in [0.5, 0.6) is 11.5 Å². The quantitative estimate of drug-likeness (QED) is 0.921. The van der Waals surface area contributed by atoms with E-state index >= 15 is 0 Å². The maximum absolute atomic E-state index is 9.92. The zero-order valence-electron chi connectivity index (χ0n) is 13.1. The summed E-state index contributed by atoms with van der Waals surface area (Å²) in [5.41, 5.74) is 2.10. The van der Waals surface area contributed by atoms with Crippen molar-refractivity contribution in [3.05, 3.63) is 35.7 Å². The Morgan fingerprint density at radius 1 is 1.43 bits per heavy atom. The van der Waals surface area contributed by atoms with Crippen molar-refractivity contribution in [2.24, 2.45) is 0 Å². The van der Waals surface area contributed by atoms with Crippen molar-refractivity contribution in [3.8, 4) is 11.5 Å². The highest BCUT2D eigenvalue weighted by molar-refractivity contribution is 5.41. The standard InChI is InChI=1S/C16H20N4O3/c1-22-16-3-2-11(6-14(16)21)8-19-5-4-15-13(9-19)20-12(10-23-15)7-17-18-20/h2-3,6-7,13,15,21H,4-5,8-10H2,1H3/t13-,15+/m0/s1. The zero-order valence-corrected chi connectivity index (χ0v) is 13.1. The van der Waals surface area contributed by atoms with Gasteiger partial charge in [0.2, 0.25) is 0 Å². The summed E-state index contributed by atoms with van der Waals surface area (Å²) in [5, 5.41) is 18.1. The number of fused-ring (bicyclic) bond motifs is 3. The van der Waals surface area contributed by atoms with Gasteiger partial charge < -0.3 is 14.6 Å². The maximum Gasteiger partial charge on any atom is 0.160 e. The molecule has 0 saturated carbocycles. The molecule has 7 nitrogen and oxygen atoms in total. The third-order valence-electron chi connectivity index (χ3n) is 4.66. The number of aromatic hydroxyl groups is 1. The monoisotopic (exact) mass is 316 g/mol. The summed E-state index contributed by atoms with van der Waals surface area (Å²) in [6.45, 7) is 3.22. The number of rotatable bonds is 3. The second-order valence-corrected chi connectivity index (χ2v) is 6.12. The number of phenolic OH excluding ortho intramolecular Hbond substituents is 1. The molecular formula is C16H20N4O3. The first-order valence-corrected chi connectivity index (χ1v) is 7.83. The van der Waals surface area contributed by atoms with E-state index in [-0.39, 0.29) is 17.9 Å². The van der Waals surface area contributed by atoms with E-state index < -0.39 is 0 Å². The third kappa shape index (κ3) is 2.66. The summed E-state index contributed by atoms with van der Waals surface area (Å²) in [5.74, 6) is 0.680. The van der Waals surface area contributed by atoms with Gasteiger partial charge >= 0.3 is 0 Å². The molecule has 0 amide bonds. The van der Waals surface area contributed by atoms with Gasteiger partial charge in [-0.2, -0.15) is 0 Å². The topological polar surface area (TPSA) is 72.6 Å². The van der Waals surface area contributed by atoms with Crippen molar-refractivity contribution in [1.82, 2.24) is 19.9 Å². The van der Waals surface area contributed by atoms with E-state index in [1.54, 1.807) is 25.4 Å². The van der Waals surface area contributed by atoms with Gasteiger partial charge in [-0.3, -0.25) is 4.90 Å². The van der Waals surface area contributed by atoms with Gasteiger partial charge in [0.1, 0.15) is 0 Å². The number of piperidine rings is 1. The first kappa shape index (κ1) is 14.5. The maximum atomic E-state index is 9.92. The molecule has 3 heterocycles. The molecule has 1 saturated heterocycles. The minimum Gasteiger partial charge on any atom is -0.504 e. The highest BCUT2D eigenvalue weighted by Gasteiger charge is 2.36. The van der Waals surface area contributed by atoms with Crippen LogP contribution in [0.15, 0.2) is 24.4 Å². The zero-order chi connectivity index (χ0) is 15.8. The fourth-order valence-electron chi connectivity index (χ4n) is 3.48. The third-order valence-corrected chi connectivity index (χ3v) is 4.66. The van der Waals surface area contributed by atoms with Crippen LogP contribution in [0.25, 0.3) is 0 Å². The Bertz CT molecular complexity index is 702. The van der Waals surface area contributed by atoms with Gasteiger partial charge in [-0.05, 0) is 24.1 Å². The average molecular weight is 316 g/mol. The number of aromatic nitrogens is 3. The van der Waals surface area contributed by atoms with Crippen LogP contribution >= 0.6 is 0 Å². The van der Waals surface area contributed by atoms with E-state index in [0.29, 0.717) is 12.4 Å². The molecule has 0 spiro atoms. The first-order chi connectivity index (χ1) is 11.2. The van der Waals surface area contributed by atoms with Crippen LogP contribution in [0, 0.1) is 0 Å². The van der Waals surface area contributed by atoms with E-state index in [1.165, 1.54) is 0 Å². The first-order valence-electron chi connectivity index (χ1n) is 7.83. The molecule has 0 bridgehead atoms. The molecule has 1 aromatic heterocycles. The molecule has 0 radical (unpaired) electrons. The molecular weight excluding hydrogens is 296 g/mol. The van der Waals surface area contributed by atoms with E-state index in [2.05, 4.69) is 15.2 Å². The van der Waals surface area contributed by atoms with Gasteiger partial charge in [-0.15, -0.1) is 5.10 Å². The summed E-state index contributed by atoms with van der Waals surface area (Å²) < 4.78 is 13.0. The van der Waals surface area contributed by atoms with Crippen molar-refractivity contribution in [2.75, 3.05) is 20.2 Å². The molecule has 2 aliphatic rings. The minimum atomic E-state index is 0.180.